The second-order valence-electron chi connectivity index (χ2n) is 4.89. The van der Waals surface area contributed by atoms with Gasteiger partial charge in [0, 0.05) is 19.6 Å². The second kappa shape index (κ2) is 5.71. The van der Waals surface area contributed by atoms with Gasteiger partial charge in [0.2, 0.25) is 0 Å². The van der Waals surface area contributed by atoms with Crippen molar-refractivity contribution >= 4 is 27.4 Å². The van der Waals surface area contributed by atoms with E-state index >= 15 is 0 Å². The van der Waals surface area contributed by atoms with Gasteiger partial charge < -0.3 is 9.67 Å². The molecule has 1 aromatic heterocycles. The van der Waals surface area contributed by atoms with E-state index in [4.69, 9.17) is 16.7 Å². The first-order valence-corrected chi connectivity index (χ1v) is 8.31. The molecule has 9 heteroatoms. The first-order chi connectivity index (χ1) is 9.28. The third-order valence-electron chi connectivity index (χ3n) is 3.43. The normalized spacial score (nSPS) is 22.8. The van der Waals surface area contributed by atoms with Crippen molar-refractivity contribution in [2.45, 2.75) is 19.0 Å². The third-order valence-corrected chi connectivity index (χ3v) is 5.48. The lowest BCUT2D eigenvalue weighted by Gasteiger charge is -2.34. The van der Waals surface area contributed by atoms with Gasteiger partial charge in [0.25, 0.3) is 0 Å². The van der Waals surface area contributed by atoms with Crippen molar-refractivity contribution in [3.05, 3.63) is 17.2 Å². The molecule has 2 heterocycles. The number of hydrogen-bond donors (Lipinski definition) is 1. The summed E-state index contributed by atoms with van der Waals surface area (Å²) in [7, 11) is -1.40. The Labute approximate surface area is 122 Å². The fourth-order valence-corrected chi connectivity index (χ4v) is 4.01. The molecule has 0 aliphatic carbocycles. The molecule has 1 atom stereocenters. The van der Waals surface area contributed by atoms with Crippen molar-refractivity contribution in [2.24, 2.45) is 7.05 Å². The largest absolute Gasteiger partial charge is 0.481 e. The van der Waals surface area contributed by atoms with Crippen molar-refractivity contribution in [1.29, 1.82) is 0 Å². The van der Waals surface area contributed by atoms with Gasteiger partial charge in [0.05, 0.1) is 30.7 Å². The van der Waals surface area contributed by atoms with Gasteiger partial charge >= 0.3 is 5.97 Å². The summed E-state index contributed by atoms with van der Waals surface area (Å²) in [5, 5.41) is 9.40. The van der Waals surface area contributed by atoms with E-state index in [1.54, 1.807) is 11.6 Å². The topological polar surface area (TPSA) is 92.5 Å². The van der Waals surface area contributed by atoms with Gasteiger partial charge in [-0.15, -0.1) is 0 Å². The molecule has 20 heavy (non-hydrogen) atoms. The summed E-state index contributed by atoms with van der Waals surface area (Å²) in [5.41, 5.74) is 0. The minimum Gasteiger partial charge on any atom is -0.481 e. The van der Waals surface area contributed by atoms with Gasteiger partial charge in [0.1, 0.15) is 11.0 Å². The fourth-order valence-electron chi connectivity index (χ4n) is 2.27. The molecule has 7 nitrogen and oxygen atoms in total. The molecule has 0 spiro atoms. The molecule has 1 aliphatic rings. The number of aliphatic carboxylic acids is 1. The van der Waals surface area contributed by atoms with Crippen LogP contribution in [-0.2, 0) is 28.2 Å². The maximum Gasteiger partial charge on any atom is 0.304 e. The number of sulfone groups is 1. The molecule has 0 aromatic carbocycles. The highest BCUT2D eigenvalue weighted by Crippen LogP contribution is 2.19. The van der Waals surface area contributed by atoms with Crippen LogP contribution < -0.4 is 0 Å². The predicted octanol–water partition coefficient (Wildman–Crippen LogP) is 0.147. The average molecular weight is 322 g/mol. The summed E-state index contributed by atoms with van der Waals surface area (Å²) < 4.78 is 25.0. The van der Waals surface area contributed by atoms with Crippen molar-refractivity contribution in [2.75, 3.05) is 18.1 Å². The zero-order valence-corrected chi connectivity index (χ0v) is 12.6. The van der Waals surface area contributed by atoms with Crippen LogP contribution in [0.25, 0.3) is 0 Å². The van der Waals surface area contributed by atoms with Gasteiger partial charge in [-0.1, -0.05) is 11.6 Å². The standard InChI is InChI=1S/C11H16ClN3O4S/c1-14-9(12)5-13-10(14)6-15-2-3-20(18,19)7-8(15)4-11(16)17/h5,8H,2-4,6-7H2,1H3,(H,16,17). The van der Waals surface area contributed by atoms with E-state index < -0.39 is 21.8 Å². The van der Waals surface area contributed by atoms with E-state index in [-0.39, 0.29) is 17.9 Å². The molecule has 1 aromatic rings. The highest BCUT2D eigenvalue weighted by atomic mass is 35.5. The highest BCUT2D eigenvalue weighted by Gasteiger charge is 2.33. The van der Waals surface area contributed by atoms with Gasteiger partial charge in [0.15, 0.2) is 9.84 Å². The molecule has 0 radical (unpaired) electrons. The molecule has 0 saturated carbocycles. The average Bonchev–Trinajstić information content (AvgIpc) is 2.63. The first-order valence-electron chi connectivity index (χ1n) is 6.11. The number of carbonyl (C=O) groups is 1. The lowest BCUT2D eigenvalue weighted by atomic mass is 10.2. The van der Waals surface area contributed by atoms with E-state index in [2.05, 4.69) is 4.98 Å². The molecule has 112 valence electrons. The van der Waals surface area contributed by atoms with Gasteiger partial charge in [-0.3, -0.25) is 9.69 Å². The number of carboxylic acid groups (broad SMARTS) is 1. The number of nitrogens with zero attached hydrogens (tertiary/aromatic N) is 3. The quantitative estimate of drug-likeness (QED) is 0.848. The summed E-state index contributed by atoms with van der Waals surface area (Å²) in [6.07, 6.45) is 1.32. The van der Waals surface area contributed by atoms with Crippen LogP contribution in [-0.4, -0.2) is 58.0 Å². The van der Waals surface area contributed by atoms with Crippen molar-refractivity contribution in [3.63, 3.8) is 0 Å². The van der Waals surface area contributed by atoms with E-state index in [0.717, 1.165) is 0 Å². The first kappa shape index (κ1) is 15.3. The maximum absolute atomic E-state index is 11.6. The van der Waals surface area contributed by atoms with Crippen LogP contribution in [0.5, 0.6) is 0 Å². The number of imidazole rings is 1. The third kappa shape index (κ3) is 3.50. The number of hydrogen-bond acceptors (Lipinski definition) is 5. The van der Waals surface area contributed by atoms with Crippen LogP contribution in [0.2, 0.25) is 5.15 Å². The summed E-state index contributed by atoms with van der Waals surface area (Å²) >= 11 is 5.91. The van der Waals surface area contributed by atoms with Crippen molar-refractivity contribution < 1.29 is 18.3 Å². The molecule has 0 bridgehead atoms. The fraction of sp³-hybridized carbons (Fsp3) is 0.636. The zero-order valence-electron chi connectivity index (χ0n) is 11.0. The Balaban J connectivity index is 2.16. The zero-order chi connectivity index (χ0) is 14.9. The molecule has 2 rings (SSSR count). The van der Waals surface area contributed by atoms with Crippen LogP contribution in [0.4, 0.5) is 0 Å². The second-order valence-corrected chi connectivity index (χ2v) is 7.51. The highest BCUT2D eigenvalue weighted by molar-refractivity contribution is 7.91. The minimum absolute atomic E-state index is 0.0429. The number of carboxylic acids is 1. The summed E-state index contributed by atoms with van der Waals surface area (Å²) in [4.78, 5) is 16.9. The molecule has 1 fully saturated rings. The molecule has 1 unspecified atom stereocenters. The Morgan fingerprint density at radius 2 is 2.30 bits per heavy atom. The lowest BCUT2D eigenvalue weighted by molar-refractivity contribution is -0.138. The molecule has 0 amide bonds. The van der Waals surface area contributed by atoms with E-state index in [9.17, 15) is 13.2 Å². The lowest BCUT2D eigenvalue weighted by Crippen LogP contribution is -2.49. The number of halogens is 1. The van der Waals surface area contributed by atoms with Crippen LogP contribution in [0.15, 0.2) is 6.20 Å². The Morgan fingerprint density at radius 1 is 1.60 bits per heavy atom. The Morgan fingerprint density at radius 3 is 2.85 bits per heavy atom. The molecule has 1 N–H and O–H groups in total. The van der Waals surface area contributed by atoms with E-state index in [0.29, 0.717) is 24.1 Å². The SMILES string of the molecule is Cn1c(Cl)cnc1CN1CCS(=O)(=O)CC1CC(=O)O. The van der Waals surface area contributed by atoms with Crippen LogP contribution in [0.1, 0.15) is 12.2 Å². The minimum atomic E-state index is -3.17. The van der Waals surface area contributed by atoms with Gasteiger partial charge in [-0.05, 0) is 0 Å². The summed E-state index contributed by atoms with van der Waals surface area (Å²) in [5.74, 6) is -0.404. The van der Waals surface area contributed by atoms with Gasteiger partial charge in [-0.25, -0.2) is 13.4 Å². The van der Waals surface area contributed by atoms with Crippen LogP contribution in [0, 0.1) is 0 Å². The van der Waals surface area contributed by atoms with Crippen molar-refractivity contribution in [3.8, 4) is 0 Å². The van der Waals surface area contributed by atoms with Crippen LogP contribution >= 0.6 is 11.6 Å². The number of rotatable bonds is 4. The molecular weight excluding hydrogens is 306 g/mol. The van der Waals surface area contributed by atoms with Gasteiger partial charge in [-0.2, -0.15) is 0 Å². The number of aromatic nitrogens is 2. The predicted molar refractivity (Wildman–Crippen MR) is 73.3 cm³/mol. The molecule has 1 aliphatic heterocycles. The summed E-state index contributed by atoms with van der Waals surface area (Å²) in [6.45, 7) is 0.696. The van der Waals surface area contributed by atoms with E-state index in [1.807, 2.05) is 4.90 Å². The molecular formula is C11H16ClN3O4S. The molecule has 1 saturated heterocycles. The van der Waals surface area contributed by atoms with Crippen molar-refractivity contribution in [1.82, 2.24) is 14.5 Å². The smallest absolute Gasteiger partial charge is 0.304 e. The summed E-state index contributed by atoms with van der Waals surface area (Å²) in [6, 6.07) is -0.526. The Bertz CT molecular complexity index is 613. The monoisotopic (exact) mass is 321 g/mol. The Hall–Kier alpha value is -1.12. The maximum atomic E-state index is 11.6. The van der Waals surface area contributed by atoms with Crippen LogP contribution in [0.3, 0.4) is 0 Å². The Kier molecular flexibility index (Phi) is 4.36. The van der Waals surface area contributed by atoms with E-state index in [1.165, 1.54) is 6.20 Å².